The van der Waals surface area contributed by atoms with Gasteiger partial charge in [0, 0.05) is 17.8 Å². The van der Waals surface area contributed by atoms with Gasteiger partial charge < -0.3 is 9.63 Å². The van der Waals surface area contributed by atoms with Crippen LogP contribution in [0.1, 0.15) is 48.8 Å². The highest BCUT2D eigenvalue weighted by molar-refractivity contribution is 5.88. The van der Waals surface area contributed by atoms with E-state index in [0.29, 0.717) is 5.69 Å². The Kier molecular flexibility index (Phi) is 4.28. The van der Waals surface area contributed by atoms with Crippen LogP contribution in [0.15, 0.2) is 22.7 Å². The summed E-state index contributed by atoms with van der Waals surface area (Å²) in [5, 5.41) is 17.5. The number of aryl methyl sites for hydroxylation is 1. The molecule has 1 aliphatic rings. The largest absolute Gasteiger partial charge is 0.478 e. The highest BCUT2D eigenvalue weighted by Gasteiger charge is 2.32. The van der Waals surface area contributed by atoms with Crippen molar-refractivity contribution in [2.45, 2.75) is 46.6 Å². The molecule has 0 atom stereocenters. The first kappa shape index (κ1) is 18.3. The fourth-order valence-electron chi connectivity index (χ4n) is 3.69. The van der Waals surface area contributed by atoms with Crippen molar-refractivity contribution in [3.05, 3.63) is 40.8 Å². The van der Waals surface area contributed by atoms with E-state index in [0.717, 1.165) is 37.4 Å². The number of carboxylic acids is 1. The number of fused-ring (bicyclic) bond motifs is 1. The van der Waals surface area contributed by atoms with Crippen LogP contribution < -0.4 is 0 Å². The van der Waals surface area contributed by atoms with Crippen molar-refractivity contribution in [3.63, 3.8) is 0 Å². The molecule has 0 aliphatic heterocycles. The SMILES string of the molecule is CCn1nc(-c2nc(-c3ccc(C(=O)O)cc3F)no2)c2c1CC(C)(C)CC2. The van der Waals surface area contributed by atoms with Crippen LogP contribution >= 0.6 is 0 Å². The van der Waals surface area contributed by atoms with Crippen molar-refractivity contribution in [2.24, 2.45) is 5.41 Å². The molecule has 4 rings (SSSR count). The summed E-state index contributed by atoms with van der Waals surface area (Å²) in [5.74, 6) is -1.59. The van der Waals surface area contributed by atoms with Gasteiger partial charge in [-0.25, -0.2) is 9.18 Å². The molecule has 2 aromatic heterocycles. The van der Waals surface area contributed by atoms with E-state index in [1.54, 1.807) is 0 Å². The molecule has 0 unspecified atom stereocenters. The van der Waals surface area contributed by atoms with Gasteiger partial charge in [-0.05, 0) is 49.8 Å². The van der Waals surface area contributed by atoms with E-state index >= 15 is 0 Å². The average molecular weight is 384 g/mol. The normalized spacial score (nSPS) is 15.4. The van der Waals surface area contributed by atoms with Gasteiger partial charge in [-0.1, -0.05) is 19.0 Å². The van der Waals surface area contributed by atoms with Gasteiger partial charge in [0.05, 0.1) is 11.1 Å². The summed E-state index contributed by atoms with van der Waals surface area (Å²) in [6.07, 6.45) is 2.83. The summed E-state index contributed by atoms with van der Waals surface area (Å²) in [6, 6.07) is 3.60. The second-order valence-corrected chi connectivity index (χ2v) is 7.85. The lowest BCUT2D eigenvalue weighted by molar-refractivity contribution is 0.0696. The summed E-state index contributed by atoms with van der Waals surface area (Å²) in [4.78, 5) is 15.3. The number of rotatable bonds is 4. The molecule has 3 aromatic rings. The molecule has 7 nitrogen and oxygen atoms in total. The third-order valence-electron chi connectivity index (χ3n) is 5.25. The predicted octanol–water partition coefficient (Wildman–Crippen LogP) is 3.97. The van der Waals surface area contributed by atoms with E-state index in [9.17, 15) is 9.18 Å². The van der Waals surface area contributed by atoms with Crippen LogP contribution in [0.2, 0.25) is 0 Å². The Morgan fingerprint density at radius 3 is 2.86 bits per heavy atom. The Hall–Kier alpha value is -3.03. The third kappa shape index (κ3) is 3.08. The number of nitrogens with zero attached hydrogens (tertiary/aromatic N) is 4. The molecule has 0 saturated carbocycles. The quantitative estimate of drug-likeness (QED) is 0.731. The Bertz CT molecular complexity index is 1070. The molecule has 1 aliphatic carbocycles. The predicted molar refractivity (Wildman–Crippen MR) is 99.4 cm³/mol. The van der Waals surface area contributed by atoms with E-state index in [1.165, 1.54) is 17.8 Å². The van der Waals surface area contributed by atoms with Crippen LogP contribution in [0.4, 0.5) is 4.39 Å². The van der Waals surface area contributed by atoms with E-state index in [1.807, 2.05) is 11.6 Å². The van der Waals surface area contributed by atoms with E-state index in [2.05, 4.69) is 29.1 Å². The molecule has 0 fully saturated rings. The summed E-state index contributed by atoms with van der Waals surface area (Å²) < 4.78 is 21.7. The first-order valence-corrected chi connectivity index (χ1v) is 9.25. The number of aromatic nitrogens is 4. The molecule has 2 heterocycles. The molecule has 146 valence electrons. The third-order valence-corrected chi connectivity index (χ3v) is 5.25. The number of benzene rings is 1. The van der Waals surface area contributed by atoms with Crippen LogP contribution in [-0.4, -0.2) is 31.0 Å². The Labute approximate surface area is 161 Å². The Balaban J connectivity index is 1.73. The molecule has 1 N–H and O–H groups in total. The molecule has 0 amide bonds. The minimum Gasteiger partial charge on any atom is -0.478 e. The van der Waals surface area contributed by atoms with E-state index < -0.39 is 11.8 Å². The first-order chi connectivity index (χ1) is 13.3. The zero-order valence-electron chi connectivity index (χ0n) is 16.0. The summed E-state index contributed by atoms with van der Waals surface area (Å²) in [7, 11) is 0. The highest BCUT2D eigenvalue weighted by Crippen LogP contribution is 2.39. The van der Waals surface area contributed by atoms with E-state index in [4.69, 9.17) is 9.63 Å². The Morgan fingerprint density at radius 1 is 1.39 bits per heavy atom. The number of carbonyl (C=O) groups is 1. The van der Waals surface area contributed by atoms with Crippen molar-refractivity contribution in [1.82, 2.24) is 19.9 Å². The van der Waals surface area contributed by atoms with Crippen molar-refractivity contribution < 1.29 is 18.8 Å². The van der Waals surface area contributed by atoms with Crippen LogP contribution in [0.3, 0.4) is 0 Å². The zero-order chi connectivity index (χ0) is 20.1. The lowest BCUT2D eigenvalue weighted by Crippen LogP contribution is -2.24. The second-order valence-electron chi connectivity index (χ2n) is 7.85. The molecule has 28 heavy (non-hydrogen) atoms. The van der Waals surface area contributed by atoms with Gasteiger partial charge in [0.2, 0.25) is 5.82 Å². The molecule has 0 spiro atoms. The summed E-state index contributed by atoms with van der Waals surface area (Å²) in [6.45, 7) is 7.27. The monoisotopic (exact) mass is 384 g/mol. The topological polar surface area (TPSA) is 94.0 Å². The lowest BCUT2D eigenvalue weighted by atomic mass is 9.76. The van der Waals surface area contributed by atoms with Crippen LogP contribution in [0.5, 0.6) is 0 Å². The lowest BCUT2D eigenvalue weighted by Gasteiger charge is -2.30. The van der Waals surface area contributed by atoms with Crippen molar-refractivity contribution in [3.8, 4) is 23.0 Å². The number of hydrogen-bond donors (Lipinski definition) is 1. The molecule has 0 bridgehead atoms. The minimum absolute atomic E-state index is 0.0698. The van der Waals surface area contributed by atoms with Gasteiger partial charge in [0.15, 0.2) is 5.69 Å². The number of hydrogen-bond acceptors (Lipinski definition) is 5. The number of aromatic carboxylic acids is 1. The van der Waals surface area contributed by atoms with Crippen molar-refractivity contribution in [1.29, 1.82) is 0 Å². The van der Waals surface area contributed by atoms with Gasteiger partial charge in [-0.3, -0.25) is 4.68 Å². The van der Waals surface area contributed by atoms with E-state index in [-0.39, 0.29) is 28.3 Å². The van der Waals surface area contributed by atoms with Crippen molar-refractivity contribution in [2.75, 3.05) is 0 Å². The average Bonchev–Trinajstić information content (AvgIpc) is 3.24. The smallest absolute Gasteiger partial charge is 0.335 e. The highest BCUT2D eigenvalue weighted by atomic mass is 19.1. The van der Waals surface area contributed by atoms with Gasteiger partial charge in [0.1, 0.15) is 5.82 Å². The van der Waals surface area contributed by atoms with Gasteiger partial charge in [-0.2, -0.15) is 10.1 Å². The zero-order valence-corrected chi connectivity index (χ0v) is 16.0. The summed E-state index contributed by atoms with van der Waals surface area (Å²) in [5.41, 5.74) is 3.11. The van der Waals surface area contributed by atoms with Gasteiger partial charge >= 0.3 is 5.97 Å². The second kappa shape index (κ2) is 6.54. The number of halogens is 1. The van der Waals surface area contributed by atoms with Crippen LogP contribution in [0, 0.1) is 11.2 Å². The maximum atomic E-state index is 14.3. The van der Waals surface area contributed by atoms with Crippen molar-refractivity contribution >= 4 is 5.97 Å². The molecular formula is C20H21FN4O3. The van der Waals surface area contributed by atoms with Crippen LogP contribution in [-0.2, 0) is 19.4 Å². The standard InChI is InChI=1S/C20H21FN4O3/c1-4-25-15-10-20(2,3)8-7-13(15)16(23-25)18-22-17(24-28-18)12-6-5-11(19(26)27)9-14(12)21/h5-6,9H,4,7-8,10H2,1-3H3,(H,26,27). The molecular weight excluding hydrogens is 363 g/mol. The first-order valence-electron chi connectivity index (χ1n) is 9.25. The Morgan fingerprint density at radius 2 is 2.18 bits per heavy atom. The van der Waals surface area contributed by atoms with Crippen LogP contribution in [0.25, 0.3) is 23.0 Å². The summed E-state index contributed by atoms with van der Waals surface area (Å²) >= 11 is 0. The molecule has 8 heteroatoms. The van der Waals surface area contributed by atoms with Gasteiger partial charge in [0.25, 0.3) is 5.89 Å². The van der Waals surface area contributed by atoms with Gasteiger partial charge in [-0.15, -0.1) is 0 Å². The fraction of sp³-hybridized carbons (Fsp3) is 0.400. The number of carboxylic acid groups (broad SMARTS) is 1. The fourth-order valence-corrected chi connectivity index (χ4v) is 3.69. The molecule has 1 aromatic carbocycles. The molecule has 0 radical (unpaired) electrons. The minimum atomic E-state index is -1.20. The maximum absolute atomic E-state index is 14.3. The molecule has 0 saturated heterocycles. The maximum Gasteiger partial charge on any atom is 0.335 e.